The van der Waals surface area contributed by atoms with Crippen LogP contribution >= 0.6 is 0 Å². The zero-order chi connectivity index (χ0) is 17.2. The quantitative estimate of drug-likeness (QED) is 0.728. The first-order valence-corrected chi connectivity index (χ1v) is 8.44. The molecule has 1 aliphatic heterocycles. The fourth-order valence-electron chi connectivity index (χ4n) is 3.18. The summed E-state index contributed by atoms with van der Waals surface area (Å²) in [6.45, 7) is 1.52. The summed E-state index contributed by atoms with van der Waals surface area (Å²) in [4.78, 5) is 14.8. The lowest BCUT2D eigenvalue weighted by atomic mass is 10.1. The fourth-order valence-corrected chi connectivity index (χ4v) is 3.18. The highest BCUT2D eigenvalue weighted by Crippen LogP contribution is 2.25. The van der Waals surface area contributed by atoms with Crippen LogP contribution < -0.4 is 0 Å². The van der Waals surface area contributed by atoms with Gasteiger partial charge >= 0.3 is 0 Å². The van der Waals surface area contributed by atoms with Gasteiger partial charge < -0.3 is 4.90 Å². The lowest BCUT2D eigenvalue weighted by molar-refractivity contribution is 0.0784. The van der Waals surface area contributed by atoms with Gasteiger partial charge in [0.05, 0.1) is 11.4 Å². The van der Waals surface area contributed by atoms with E-state index in [9.17, 15) is 9.18 Å². The predicted octanol–water partition coefficient (Wildman–Crippen LogP) is 3.91. The third-order valence-corrected chi connectivity index (χ3v) is 4.47. The molecule has 0 N–H and O–H groups in total. The molecular formula is C20H18FN3O. The Morgan fingerprint density at radius 3 is 2.36 bits per heavy atom. The van der Waals surface area contributed by atoms with Gasteiger partial charge in [-0.2, -0.15) is 5.10 Å². The number of carbonyl (C=O) groups excluding carboxylic acids is 1. The molecule has 1 amide bonds. The van der Waals surface area contributed by atoms with E-state index in [-0.39, 0.29) is 11.7 Å². The number of hydrogen-bond donors (Lipinski definition) is 0. The number of amides is 1. The maximum absolute atomic E-state index is 14.2. The van der Waals surface area contributed by atoms with E-state index in [1.165, 1.54) is 6.07 Å². The van der Waals surface area contributed by atoms with Gasteiger partial charge in [0.25, 0.3) is 5.91 Å². The number of benzene rings is 2. The number of hydrogen-bond acceptors (Lipinski definition) is 2. The van der Waals surface area contributed by atoms with Crippen LogP contribution in [0.5, 0.6) is 0 Å². The third kappa shape index (κ3) is 2.93. The van der Waals surface area contributed by atoms with E-state index in [1.807, 2.05) is 35.2 Å². The van der Waals surface area contributed by atoms with Gasteiger partial charge in [0, 0.05) is 18.7 Å². The molecule has 0 spiro atoms. The second-order valence-electron chi connectivity index (χ2n) is 6.14. The van der Waals surface area contributed by atoms with Crippen LogP contribution in [0.1, 0.15) is 23.3 Å². The van der Waals surface area contributed by atoms with Gasteiger partial charge in [-0.3, -0.25) is 4.79 Å². The van der Waals surface area contributed by atoms with Crippen molar-refractivity contribution in [1.82, 2.24) is 14.7 Å². The molecule has 1 saturated heterocycles. The van der Waals surface area contributed by atoms with Crippen LogP contribution in [0.4, 0.5) is 4.39 Å². The summed E-state index contributed by atoms with van der Waals surface area (Å²) in [5.74, 6) is -0.406. The molecule has 0 bridgehead atoms. The topological polar surface area (TPSA) is 38.1 Å². The smallest absolute Gasteiger partial charge is 0.272 e. The molecule has 4 rings (SSSR count). The summed E-state index contributed by atoms with van der Waals surface area (Å²) in [5.41, 5.74) is 2.11. The van der Waals surface area contributed by atoms with E-state index in [4.69, 9.17) is 0 Å². The van der Waals surface area contributed by atoms with Crippen LogP contribution in [0, 0.1) is 5.82 Å². The molecule has 0 unspecified atom stereocenters. The Kier molecular flexibility index (Phi) is 4.06. The number of nitrogens with zero attached hydrogens (tertiary/aromatic N) is 3. The molecule has 0 aliphatic carbocycles. The fraction of sp³-hybridized carbons (Fsp3) is 0.200. The summed E-state index contributed by atoms with van der Waals surface area (Å²) >= 11 is 0. The Bertz CT molecular complexity index is 898. The normalized spacial score (nSPS) is 14.0. The maximum Gasteiger partial charge on any atom is 0.272 e. The van der Waals surface area contributed by atoms with Crippen LogP contribution in [-0.4, -0.2) is 33.7 Å². The highest BCUT2D eigenvalue weighted by molar-refractivity contribution is 5.94. The Hall–Kier alpha value is -2.95. The van der Waals surface area contributed by atoms with E-state index in [0.717, 1.165) is 31.6 Å². The molecule has 0 radical (unpaired) electrons. The Balaban J connectivity index is 1.83. The molecule has 0 atom stereocenters. The van der Waals surface area contributed by atoms with Crippen LogP contribution in [0.3, 0.4) is 0 Å². The van der Waals surface area contributed by atoms with Gasteiger partial charge in [-0.15, -0.1) is 0 Å². The van der Waals surface area contributed by atoms with Crippen LogP contribution in [0.15, 0.2) is 60.7 Å². The summed E-state index contributed by atoms with van der Waals surface area (Å²) in [7, 11) is 0. The minimum atomic E-state index is -0.347. The van der Waals surface area contributed by atoms with Gasteiger partial charge in [0.2, 0.25) is 0 Å². The maximum atomic E-state index is 14.2. The van der Waals surface area contributed by atoms with Gasteiger partial charge in [-0.25, -0.2) is 9.07 Å². The summed E-state index contributed by atoms with van der Waals surface area (Å²) in [5, 5.41) is 4.53. The van der Waals surface area contributed by atoms with E-state index in [1.54, 1.807) is 28.9 Å². The second-order valence-corrected chi connectivity index (χ2v) is 6.14. The molecule has 2 aromatic carbocycles. The lowest BCUT2D eigenvalue weighted by Crippen LogP contribution is -2.29. The molecule has 3 aromatic rings. The third-order valence-electron chi connectivity index (χ3n) is 4.47. The zero-order valence-corrected chi connectivity index (χ0v) is 13.7. The average molecular weight is 335 g/mol. The Morgan fingerprint density at radius 2 is 1.64 bits per heavy atom. The van der Waals surface area contributed by atoms with Crippen LogP contribution in [-0.2, 0) is 0 Å². The summed E-state index contributed by atoms with van der Waals surface area (Å²) in [6.07, 6.45) is 2.04. The summed E-state index contributed by atoms with van der Waals surface area (Å²) in [6, 6.07) is 17.6. The summed E-state index contributed by atoms with van der Waals surface area (Å²) < 4.78 is 15.8. The molecule has 25 heavy (non-hydrogen) atoms. The highest BCUT2D eigenvalue weighted by Gasteiger charge is 2.25. The number of halogens is 1. The molecule has 4 nitrogen and oxygen atoms in total. The molecular weight excluding hydrogens is 317 g/mol. The van der Waals surface area contributed by atoms with Gasteiger partial charge in [0.1, 0.15) is 11.5 Å². The van der Waals surface area contributed by atoms with Crippen molar-refractivity contribution in [1.29, 1.82) is 0 Å². The molecule has 126 valence electrons. The molecule has 1 aromatic heterocycles. The minimum Gasteiger partial charge on any atom is -0.337 e. The van der Waals surface area contributed by atoms with Crippen molar-refractivity contribution >= 4 is 5.91 Å². The van der Waals surface area contributed by atoms with Crippen molar-refractivity contribution in [2.45, 2.75) is 12.8 Å². The second kappa shape index (κ2) is 6.51. The SMILES string of the molecule is O=C(c1cc(-c2ccccc2F)nn1-c1ccccc1)N1CCCC1. The standard InChI is InChI=1S/C20H18FN3O/c21-17-11-5-4-10-16(17)18-14-19(20(25)23-12-6-7-13-23)24(22-18)15-8-2-1-3-9-15/h1-5,8-11,14H,6-7,12-13H2. The first kappa shape index (κ1) is 15.6. The monoisotopic (exact) mass is 335 g/mol. The predicted molar refractivity (Wildman–Crippen MR) is 94.1 cm³/mol. The molecule has 2 heterocycles. The highest BCUT2D eigenvalue weighted by atomic mass is 19.1. The molecule has 0 saturated carbocycles. The number of carbonyl (C=O) groups is 1. The number of likely N-dealkylation sites (tertiary alicyclic amines) is 1. The van der Waals surface area contributed by atoms with E-state index >= 15 is 0 Å². The van der Waals surface area contributed by atoms with Crippen molar-refractivity contribution < 1.29 is 9.18 Å². The first-order chi connectivity index (χ1) is 12.2. The minimum absolute atomic E-state index is 0.0588. The number of aromatic nitrogens is 2. The van der Waals surface area contributed by atoms with Crippen LogP contribution in [0.2, 0.25) is 0 Å². The average Bonchev–Trinajstić information content (AvgIpc) is 3.32. The van der Waals surface area contributed by atoms with Gasteiger partial charge in [-0.1, -0.05) is 30.3 Å². The van der Waals surface area contributed by atoms with Crippen LogP contribution in [0.25, 0.3) is 16.9 Å². The lowest BCUT2D eigenvalue weighted by Gasteiger charge is -2.15. The van der Waals surface area contributed by atoms with Crippen molar-refractivity contribution in [2.75, 3.05) is 13.1 Å². The Labute approximate surface area is 145 Å². The van der Waals surface area contributed by atoms with Crippen molar-refractivity contribution in [3.63, 3.8) is 0 Å². The van der Waals surface area contributed by atoms with E-state index in [2.05, 4.69) is 5.10 Å². The largest absolute Gasteiger partial charge is 0.337 e. The number of rotatable bonds is 3. The van der Waals surface area contributed by atoms with Crippen molar-refractivity contribution in [3.8, 4) is 16.9 Å². The van der Waals surface area contributed by atoms with E-state index < -0.39 is 0 Å². The molecule has 5 heteroatoms. The molecule has 1 fully saturated rings. The van der Waals surface area contributed by atoms with Gasteiger partial charge in [0.15, 0.2) is 0 Å². The van der Waals surface area contributed by atoms with Crippen molar-refractivity contribution in [2.24, 2.45) is 0 Å². The number of para-hydroxylation sites is 1. The Morgan fingerprint density at radius 1 is 0.960 bits per heavy atom. The van der Waals surface area contributed by atoms with Gasteiger partial charge in [-0.05, 0) is 43.2 Å². The van der Waals surface area contributed by atoms with Crippen molar-refractivity contribution in [3.05, 3.63) is 72.2 Å². The molecule has 1 aliphatic rings. The van der Waals surface area contributed by atoms with E-state index in [0.29, 0.717) is 17.0 Å². The zero-order valence-electron chi connectivity index (χ0n) is 13.7. The first-order valence-electron chi connectivity index (χ1n) is 8.44.